The first-order valence-electron chi connectivity index (χ1n) is 4.32. The van der Waals surface area contributed by atoms with Gasteiger partial charge in [0.05, 0.1) is 6.54 Å². The number of hydrogen-bond donors (Lipinski definition) is 0. The van der Waals surface area contributed by atoms with E-state index in [-0.39, 0.29) is 12.3 Å². The Morgan fingerprint density at radius 1 is 1.54 bits per heavy atom. The highest BCUT2D eigenvalue weighted by Crippen LogP contribution is 2.01. The van der Waals surface area contributed by atoms with Crippen LogP contribution >= 0.6 is 0 Å². The van der Waals surface area contributed by atoms with Crippen molar-refractivity contribution in [2.75, 3.05) is 6.54 Å². The van der Waals surface area contributed by atoms with Crippen LogP contribution in [0.5, 0.6) is 0 Å². The molecular formula is C9H15N3O. The lowest BCUT2D eigenvalue weighted by Gasteiger charge is -1.94. The summed E-state index contributed by atoms with van der Waals surface area (Å²) >= 11 is 0. The van der Waals surface area contributed by atoms with Crippen LogP contribution < -0.4 is 0 Å². The average molecular weight is 181 g/mol. The zero-order valence-corrected chi connectivity index (χ0v) is 8.16. The number of carbonyl (C=O) groups is 1. The van der Waals surface area contributed by atoms with Gasteiger partial charge in [-0.15, -0.1) is 0 Å². The van der Waals surface area contributed by atoms with Crippen LogP contribution in [0.15, 0.2) is 16.8 Å². The summed E-state index contributed by atoms with van der Waals surface area (Å²) < 4.78 is 0. The minimum atomic E-state index is -0.00861. The van der Waals surface area contributed by atoms with Crippen molar-refractivity contribution in [3.63, 3.8) is 0 Å². The Morgan fingerprint density at radius 2 is 2.23 bits per heavy atom. The van der Waals surface area contributed by atoms with Gasteiger partial charge in [-0.25, -0.2) is 0 Å². The summed E-state index contributed by atoms with van der Waals surface area (Å²) in [4.78, 5) is 13.5. The molecule has 13 heavy (non-hydrogen) atoms. The van der Waals surface area contributed by atoms with Gasteiger partial charge in [-0.1, -0.05) is 16.8 Å². The predicted octanol–water partition coefficient (Wildman–Crippen LogP) is 3.00. The van der Waals surface area contributed by atoms with Crippen LogP contribution in [0, 0.1) is 0 Å². The smallest absolute Gasteiger partial charge is 0.138 e. The number of Topliss-reactive ketones (excluding diaryl/α,β-unsaturated/α-hetero) is 1. The Labute approximate surface area is 78.3 Å². The lowest BCUT2D eigenvalue weighted by atomic mass is 10.1. The fourth-order valence-corrected chi connectivity index (χ4v) is 0.880. The van der Waals surface area contributed by atoms with Crippen LogP contribution in [-0.4, -0.2) is 12.3 Å². The van der Waals surface area contributed by atoms with Crippen molar-refractivity contribution in [2.45, 2.75) is 33.1 Å². The van der Waals surface area contributed by atoms with Crippen LogP contribution in [-0.2, 0) is 4.79 Å². The monoisotopic (exact) mass is 181 g/mol. The zero-order valence-electron chi connectivity index (χ0n) is 8.16. The van der Waals surface area contributed by atoms with Gasteiger partial charge in [-0.3, -0.25) is 4.79 Å². The topological polar surface area (TPSA) is 65.8 Å². The van der Waals surface area contributed by atoms with E-state index in [2.05, 4.69) is 16.1 Å². The molecule has 0 aliphatic heterocycles. The quantitative estimate of drug-likeness (QED) is 0.204. The number of rotatable bonds is 6. The van der Waals surface area contributed by atoms with E-state index >= 15 is 0 Å². The molecule has 0 saturated heterocycles. The Balaban J connectivity index is 3.48. The van der Waals surface area contributed by atoms with Crippen molar-refractivity contribution in [2.24, 2.45) is 5.11 Å². The fraction of sp³-hybridized carbons (Fsp3) is 0.667. The predicted molar refractivity (Wildman–Crippen MR) is 52.3 cm³/mol. The van der Waals surface area contributed by atoms with Crippen molar-refractivity contribution in [3.8, 4) is 0 Å². The number of unbranched alkanes of at least 4 members (excludes halogenated alkanes) is 1. The van der Waals surface area contributed by atoms with Crippen molar-refractivity contribution in [1.29, 1.82) is 0 Å². The average Bonchev–Trinajstić information content (AvgIpc) is 2.08. The Bertz CT molecular complexity index is 235. The molecule has 0 aromatic heterocycles. The summed E-state index contributed by atoms with van der Waals surface area (Å²) in [6.07, 6.45) is 4.36. The molecule has 0 rings (SSSR count). The van der Waals surface area contributed by atoms with Crippen LogP contribution in [0.25, 0.3) is 10.4 Å². The van der Waals surface area contributed by atoms with Crippen molar-refractivity contribution < 1.29 is 4.79 Å². The van der Waals surface area contributed by atoms with Gasteiger partial charge in [0.25, 0.3) is 0 Å². The van der Waals surface area contributed by atoms with E-state index in [1.807, 2.05) is 13.8 Å². The third kappa shape index (κ3) is 8.63. The number of nitrogens with zero attached hydrogens (tertiary/aromatic N) is 3. The van der Waals surface area contributed by atoms with E-state index in [4.69, 9.17) is 5.53 Å². The van der Waals surface area contributed by atoms with E-state index in [1.165, 1.54) is 5.57 Å². The first kappa shape index (κ1) is 11.7. The van der Waals surface area contributed by atoms with Crippen LogP contribution in [0.1, 0.15) is 33.1 Å². The second-order valence-electron chi connectivity index (χ2n) is 3.10. The molecule has 0 aliphatic rings. The van der Waals surface area contributed by atoms with Gasteiger partial charge in [0.1, 0.15) is 5.78 Å². The highest BCUT2D eigenvalue weighted by molar-refractivity contribution is 5.80. The van der Waals surface area contributed by atoms with Crippen LogP contribution in [0.4, 0.5) is 0 Å². The van der Waals surface area contributed by atoms with Crippen LogP contribution in [0.2, 0.25) is 0 Å². The number of azide groups is 1. The Morgan fingerprint density at radius 3 is 2.77 bits per heavy atom. The summed E-state index contributed by atoms with van der Waals surface area (Å²) in [5.74, 6) is 0.0138. The molecule has 0 aromatic rings. The van der Waals surface area contributed by atoms with Gasteiger partial charge >= 0.3 is 0 Å². The standard InChI is InChI=1S/C9H15N3O/c1-8(2)5-3-4-6-9(13)7-11-12-10/h5H,3-4,6-7H2,1-2H3. The number of hydrogen-bond acceptors (Lipinski definition) is 2. The molecule has 72 valence electrons. The summed E-state index contributed by atoms with van der Waals surface area (Å²) in [5.41, 5.74) is 9.22. The van der Waals surface area contributed by atoms with Gasteiger partial charge < -0.3 is 0 Å². The minimum absolute atomic E-state index is 0.00861. The Kier molecular flexibility index (Phi) is 6.65. The first-order valence-corrected chi connectivity index (χ1v) is 4.32. The lowest BCUT2D eigenvalue weighted by molar-refractivity contribution is -0.117. The maximum atomic E-state index is 11.0. The van der Waals surface area contributed by atoms with Crippen molar-refractivity contribution in [1.82, 2.24) is 0 Å². The molecule has 0 amide bonds. The summed E-state index contributed by atoms with van der Waals surface area (Å²) in [6, 6.07) is 0. The fourth-order valence-electron chi connectivity index (χ4n) is 0.880. The largest absolute Gasteiger partial charge is 0.300 e. The summed E-state index contributed by atoms with van der Waals surface area (Å²) in [5, 5.41) is 3.20. The van der Waals surface area contributed by atoms with E-state index in [0.29, 0.717) is 6.42 Å². The molecule has 0 fully saturated rings. The summed E-state index contributed by atoms with van der Waals surface area (Å²) in [6.45, 7) is 4.05. The Hall–Kier alpha value is -1.28. The van der Waals surface area contributed by atoms with Gasteiger partial charge in [0.15, 0.2) is 0 Å². The summed E-state index contributed by atoms with van der Waals surface area (Å²) in [7, 11) is 0. The lowest BCUT2D eigenvalue weighted by Crippen LogP contribution is -2.00. The highest BCUT2D eigenvalue weighted by atomic mass is 16.1. The highest BCUT2D eigenvalue weighted by Gasteiger charge is 1.97. The second-order valence-corrected chi connectivity index (χ2v) is 3.10. The maximum absolute atomic E-state index is 11.0. The van der Waals surface area contributed by atoms with Gasteiger partial charge in [0.2, 0.25) is 0 Å². The molecule has 0 aliphatic carbocycles. The molecule has 0 unspecified atom stereocenters. The van der Waals surface area contributed by atoms with Gasteiger partial charge in [-0.05, 0) is 32.2 Å². The third-order valence-electron chi connectivity index (χ3n) is 1.52. The molecule has 0 aromatic carbocycles. The molecule has 4 nitrogen and oxygen atoms in total. The number of carbonyl (C=O) groups excluding carboxylic acids is 1. The third-order valence-corrected chi connectivity index (χ3v) is 1.52. The molecule has 0 radical (unpaired) electrons. The molecule has 0 spiro atoms. The van der Waals surface area contributed by atoms with Crippen LogP contribution in [0.3, 0.4) is 0 Å². The van der Waals surface area contributed by atoms with E-state index in [9.17, 15) is 4.79 Å². The maximum Gasteiger partial charge on any atom is 0.138 e. The molecule has 0 heterocycles. The molecule has 0 saturated carbocycles. The molecular weight excluding hydrogens is 166 g/mol. The number of allylic oxidation sites excluding steroid dienone is 2. The number of ketones is 1. The van der Waals surface area contributed by atoms with Gasteiger partial charge in [0, 0.05) is 11.3 Å². The zero-order chi connectivity index (χ0) is 10.1. The molecule has 0 bridgehead atoms. The molecule has 4 heteroatoms. The second kappa shape index (κ2) is 7.37. The van der Waals surface area contributed by atoms with Crippen molar-refractivity contribution in [3.05, 3.63) is 22.1 Å². The minimum Gasteiger partial charge on any atom is -0.300 e. The van der Waals surface area contributed by atoms with Gasteiger partial charge in [-0.2, -0.15) is 0 Å². The van der Waals surface area contributed by atoms with E-state index < -0.39 is 0 Å². The van der Waals surface area contributed by atoms with E-state index in [0.717, 1.165) is 12.8 Å². The van der Waals surface area contributed by atoms with E-state index in [1.54, 1.807) is 0 Å². The molecule has 0 N–H and O–H groups in total. The first-order chi connectivity index (χ1) is 6.16. The molecule has 0 atom stereocenters. The SMILES string of the molecule is CC(C)=CCCCC(=O)CN=[N+]=[N-]. The normalized spacial score (nSPS) is 8.77. The van der Waals surface area contributed by atoms with Crippen molar-refractivity contribution >= 4 is 5.78 Å².